The number of halogens is 1. The fourth-order valence-corrected chi connectivity index (χ4v) is 2.51. The Kier molecular flexibility index (Phi) is 5.40. The van der Waals surface area contributed by atoms with Gasteiger partial charge in [-0.05, 0) is 17.7 Å². The number of hydrogen-bond acceptors (Lipinski definition) is 5. The van der Waals surface area contributed by atoms with Gasteiger partial charge in [0.05, 0.1) is 30.1 Å². The van der Waals surface area contributed by atoms with Crippen molar-refractivity contribution in [2.75, 3.05) is 25.6 Å². The van der Waals surface area contributed by atoms with Gasteiger partial charge in [0.1, 0.15) is 7.11 Å². The predicted octanol–water partition coefficient (Wildman–Crippen LogP) is 3.73. The number of oxime groups is 1. The molecule has 0 spiro atoms. The maximum atomic E-state index is 12.4. The number of carbonyl (C=O) groups excluding carboxylic acids is 1. The minimum absolute atomic E-state index is 0.272. The summed E-state index contributed by atoms with van der Waals surface area (Å²) in [5.74, 6) is 0.886. The zero-order valence-corrected chi connectivity index (χ0v) is 14.4. The van der Waals surface area contributed by atoms with E-state index >= 15 is 0 Å². The van der Waals surface area contributed by atoms with Gasteiger partial charge < -0.3 is 19.6 Å². The van der Waals surface area contributed by atoms with Gasteiger partial charge in [-0.25, -0.2) is 0 Å². The van der Waals surface area contributed by atoms with E-state index in [4.69, 9.17) is 21.1 Å². The molecule has 2 aromatic rings. The lowest BCUT2D eigenvalue weighted by atomic mass is 10.1. The Bertz CT molecular complexity index is 790. The van der Waals surface area contributed by atoms with Crippen molar-refractivity contribution in [3.63, 3.8) is 0 Å². The van der Waals surface area contributed by atoms with Crippen molar-refractivity contribution >= 4 is 29.4 Å². The molecule has 0 saturated carbocycles. The topological polar surface area (TPSA) is 69.2 Å². The van der Waals surface area contributed by atoms with Crippen LogP contribution in [-0.2, 0) is 4.84 Å². The minimum Gasteiger partial charge on any atom is -0.490 e. The standard InChI is InChI=1S/C18H17ClN2O4/c1-23-20-11-12-3-5-13(6-4-12)18(22)21-15-10-17-16(9-14(15)19)24-7-2-8-25-17/h3-6,9-11H,2,7-8H2,1H3,(H,21,22)/b20-11+. The van der Waals surface area contributed by atoms with Gasteiger partial charge in [-0.1, -0.05) is 28.9 Å². The maximum Gasteiger partial charge on any atom is 0.255 e. The average Bonchev–Trinajstić information content (AvgIpc) is 2.85. The average molecular weight is 361 g/mol. The molecule has 0 saturated heterocycles. The Balaban J connectivity index is 1.76. The van der Waals surface area contributed by atoms with E-state index in [1.54, 1.807) is 42.6 Å². The summed E-state index contributed by atoms with van der Waals surface area (Å²) in [7, 11) is 1.47. The summed E-state index contributed by atoms with van der Waals surface area (Å²) < 4.78 is 11.2. The van der Waals surface area contributed by atoms with Crippen molar-refractivity contribution < 1.29 is 19.1 Å². The number of anilines is 1. The highest BCUT2D eigenvalue weighted by Gasteiger charge is 2.16. The molecule has 1 N–H and O–H groups in total. The molecule has 0 bridgehead atoms. The fraction of sp³-hybridized carbons (Fsp3) is 0.222. The molecule has 130 valence electrons. The van der Waals surface area contributed by atoms with Gasteiger partial charge in [0.15, 0.2) is 11.5 Å². The van der Waals surface area contributed by atoms with E-state index in [0.29, 0.717) is 41.0 Å². The molecule has 1 aliphatic heterocycles. The lowest BCUT2D eigenvalue weighted by Gasteiger charge is -2.12. The van der Waals surface area contributed by atoms with E-state index in [1.165, 1.54) is 7.11 Å². The zero-order valence-electron chi connectivity index (χ0n) is 13.6. The molecule has 1 amide bonds. The molecule has 1 heterocycles. The quantitative estimate of drug-likeness (QED) is 0.666. The van der Waals surface area contributed by atoms with Gasteiger partial charge >= 0.3 is 0 Å². The van der Waals surface area contributed by atoms with Crippen molar-refractivity contribution in [3.8, 4) is 11.5 Å². The Morgan fingerprint density at radius 1 is 1.20 bits per heavy atom. The van der Waals surface area contributed by atoms with Crippen molar-refractivity contribution in [2.45, 2.75) is 6.42 Å². The largest absolute Gasteiger partial charge is 0.490 e. The molecule has 2 aromatic carbocycles. The van der Waals surface area contributed by atoms with Gasteiger partial charge in [-0.15, -0.1) is 0 Å². The number of benzene rings is 2. The van der Waals surface area contributed by atoms with Gasteiger partial charge in [0, 0.05) is 24.1 Å². The van der Waals surface area contributed by atoms with Crippen molar-refractivity contribution in [1.82, 2.24) is 0 Å². The molecule has 7 heteroatoms. The smallest absolute Gasteiger partial charge is 0.255 e. The van der Waals surface area contributed by atoms with Gasteiger partial charge in [-0.3, -0.25) is 4.79 Å². The molecule has 0 fully saturated rings. The van der Waals surface area contributed by atoms with E-state index in [9.17, 15) is 4.79 Å². The highest BCUT2D eigenvalue weighted by atomic mass is 35.5. The Morgan fingerprint density at radius 3 is 2.56 bits per heavy atom. The van der Waals surface area contributed by atoms with Crippen LogP contribution in [0.3, 0.4) is 0 Å². The summed E-state index contributed by atoms with van der Waals surface area (Å²) >= 11 is 6.25. The molecule has 6 nitrogen and oxygen atoms in total. The van der Waals surface area contributed by atoms with Crippen LogP contribution in [0.25, 0.3) is 0 Å². The number of carbonyl (C=O) groups is 1. The van der Waals surface area contributed by atoms with Crippen LogP contribution in [0.1, 0.15) is 22.3 Å². The lowest BCUT2D eigenvalue weighted by Crippen LogP contribution is -2.12. The Labute approximate surface area is 150 Å². The van der Waals surface area contributed by atoms with Gasteiger partial charge in [0.25, 0.3) is 5.91 Å². The molecule has 0 aliphatic carbocycles. The van der Waals surface area contributed by atoms with Crippen LogP contribution in [0.4, 0.5) is 5.69 Å². The first-order valence-corrected chi connectivity index (χ1v) is 8.12. The minimum atomic E-state index is -0.272. The van der Waals surface area contributed by atoms with E-state index in [-0.39, 0.29) is 5.91 Å². The van der Waals surface area contributed by atoms with E-state index in [1.807, 2.05) is 0 Å². The number of nitrogens with one attached hydrogen (secondary N) is 1. The second-order valence-electron chi connectivity index (χ2n) is 5.32. The first kappa shape index (κ1) is 17.1. The van der Waals surface area contributed by atoms with Gasteiger partial charge in [-0.2, -0.15) is 0 Å². The van der Waals surface area contributed by atoms with Crippen LogP contribution in [0.15, 0.2) is 41.6 Å². The first-order chi connectivity index (χ1) is 12.2. The third-order valence-corrected chi connectivity index (χ3v) is 3.88. The predicted molar refractivity (Wildman–Crippen MR) is 96.1 cm³/mol. The molecular formula is C18H17ClN2O4. The molecular weight excluding hydrogens is 344 g/mol. The molecule has 0 radical (unpaired) electrons. The maximum absolute atomic E-state index is 12.4. The molecule has 25 heavy (non-hydrogen) atoms. The zero-order chi connectivity index (χ0) is 17.6. The second kappa shape index (κ2) is 7.90. The summed E-state index contributed by atoms with van der Waals surface area (Å²) in [6.07, 6.45) is 2.36. The second-order valence-corrected chi connectivity index (χ2v) is 5.73. The molecule has 3 rings (SSSR count). The molecule has 0 aromatic heterocycles. The summed E-state index contributed by atoms with van der Waals surface area (Å²) in [6.45, 7) is 1.14. The Morgan fingerprint density at radius 2 is 1.88 bits per heavy atom. The number of ether oxygens (including phenoxy) is 2. The molecule has 1 aliphatic rings. The first-order valence-electron chi connectivity index (χ1n) is 7.74. The van der Waals surface area contributed by atoms with Crippen LogP contribution >= 0.6 is 11.6 Å². The Hall–Kier alpha value is -2.73. The summed E-state index contributed by atoms with van der Waals surface area (Å²) in [4.78, 5) is 17.1. The lowest BCUT2D eigenvalue weighted by molar-refractivity contribution is 0.102. The van der Waals surface area contributed by atoms with E-state index in [0.717, 1.165) is 12.0 Å². The highest BCUT2D eigenvalue weighted by Crippen LogP contribution is 2.37. The highest BCUT2D eigenvalue weighted by molar-refractivity contribution is 6.34. The van der Waals surface area contributed by atoms with Crippen molar-refractivity contribution in [1.29, 1.82) is 0 Å². The third-order valence-electron chi connectivity index (χ3n) is 3.57. The van der Waals surface area contributed by atoms with Crippen molar-refractivity contribution in [2.24, 2.45) is 5.16 Å². The number of hydrogen-bond donors (Lipinski definition) is 1. The van der Waals surface area contributed by atoms with Crippen LogP contribution < -0.4 is 14.8 Å². The van der Waals surface area contributed by atoms with Crippen LogP contribution in [0.5, 0.6) is 11.5 Å². The fourth-order valence-electron chi connectivity index (χ4n) is 2.31. The summed E-state index contributed by atoms with van der Waals surface area (Å²) in [6, 6.07) is 10.3. The van der Waals surface area contributed by atoms with Crippen LogP contribution in [0.2, 0.25) is 5.02 Å². The summed E-state index contributed by atoms with van der Waals surface area (Å²) in [5.41, 5.74) is 1.80. The molecule has 0 unspecified atom stereocenters. The summed E-state index contributed by atoms with van der Waals surface area (Å²) in [5, 5.41) is 6.86. The van der Waals surface area contributed by atoms with E-state index in [2.05, 4.69) is 15.3 Å². The number of rotatable bonds is 4. The SMILES string of the molecule is CO/N=C/c1ccc(C(=O)Nc2cc3c(cc2Cl)OCCCO3)cc1. The molecule has 0 atom stereocenters. The van der Waals surface area contributed by atoms with Crippen molar-refractivity contribution in [3.05, 3.63) is 52.5 Å². The normalized spacial score (nSPS) is 13.4. The van der Waals surface area contributed by atoms with Crippen LogP contribution in [-0.4, -0.2) is 32.4 Å². The number of amides is 1. The number of nitrogens with zero attached hydrogens (tertiary/aromatic N) is 1. The van der Waals surface area contributed by atoms with Gasteiger partial charge in [0.2, 0.25) is 0 Å². The number of fused-ring (bicyclic) bond motifs is 1. The van der Waals surface area contributed by atoms with E-state index < -0.39 is 0 Å². The van der Waals surface area contributed by atoms with Crippen LogP contribution in [0, 0.1) is 0 Å². The third kappa shape index (κ3) is 4.22. The monoisotopic (exact) mass is 360 g/mol.